The van der Waals surface area contributed by atoms with Gasteiger partial charge in [-0.15, -0.1) is 10.2 Å². The molecule has 3 aromatic rings. The fourth-order valence-electron chi connectivity index (χ4n) is 4.76. The molecule has 2 aliphatic heterocycles. The number of likely N-dealkylation sites (tertiary alicyclic amines) is 1. The van der Waals surface area contributed by atoms with E-state index in [4.69, 9.17) is 4.74 Å². The first kappa shape index (κ1) is 20.2. The minimum absolute atomic E-state index is 0.0445. The van der Waals surface area contributed by atoms with Gasteiger partial charge in [-0.2, -0.15) is 5.10 Å². The van der Waals surface area contributed by atoms with Gasteiger partial charge in [0.1, 0.15) is 5.69 Å². The number of nitrogens with zero attached hydrogens (tertiary/aromatic N) is 8. The first-order chi connectivity index (χ1) is 15.5. The highest BCUT2D eigenvalue weighted by atomic mass is 16.5. The van der Waals surface area contributed by atoms with Crippen molar-refractivity contribution in [3.8, 4) is 11.4 Å². The van der Waals surface area contributed by atoms with Crippen LogP contribution in [0.2, 0.25) is 0 Å². The molecule has 1 fully saturated rings. The van der Waals surface area contributed by atoms with Gasteiger partial charge in [-0.3, -0.25) is 19.4 Å². The topological polar surface area (TPSA) is 111 Å². The predicted octanol–water partition coefficient (Wildman–Crippen LogP) is 1.29. The van der Waals surface area contributed by atoms with Gasteiger partial charge >= 0.3 is 6.09 Å². The van der Waals surface area contributed by atoms with Crippen LogP contribution in [-0.4, -0.2) is 78.1 Å². The number of ether oxygens (including phenoxy) is 1. The summed E-state index contributed by atoms with van der Waals surface area (Å²) in [6.07, 6.45) is 6.02. The molecular weight excluding hydrogens is 412 g/mol. The largest absolute Gasteiger partial charge is 0.453 e. The Labute approximate surface area is 184 Å². The summed E-state index contributed by atoms with van der Waals surface area (Å²) < 4.78 is 8.73. The predicted molar refractivity (Wildman–Crippen MR) is 112 cm³/mol. The molecule has 1 spiro atoms. The molecule has 0 unspecified atom stereocenters. The number of rotatable bonds is 2. The van der Waals surface area contributed by atoms with E-state index in [9.17, 15) is 9.59 Å². The second kappa shape index (κ2) is 7.74. The van der Waals surface area contributed by atoms with Crippen LogP contribution in [0.5, 0.6) is 0 Å². The van der Waals surface area contributed by atoms with Gasteiger partial charge in [0.15, 0.2) is 11.6 Å². The Balaban J connectivity index is 1.49. The molecule has 0 N–H and O–H groups in total. The number of aromatic nitrogens is 6. The quantitative estimate of drug-likeness (QED) is 0.595. The van der Waals surface area contributed by atoms with Crippen LogP contribution in [0, 0.1) is 0 Å². The molecule has 5 heterocycles. The van der Waals surface area contributed by atoms with Crippen LogP contribution in [0.3, 0.4) is 0 Å². The molecule has 0 radical (unpaired) electrons. The molecule has 0 aromatic carbocycles. The van der Waals surface area contributed by atoms with Gasteiger partial charge in [-0.1, -0.05) is 0 Å². The lowest BCUT2D eigenvalue weighted by molar-refractivity contribution is 0.0312. The highest BCUT2D eigenvalue weighted by Gasteiger charge is 2.46. The van der Waals surface area contributed by atoms with Crippen LogP contribution in [0.1, 0.15) is 29.2 Å². The van der Waals surface area contributed by atoms with Crippen molar-refractivity contribution >= 4 is 12.0 Å². The fourth-order valence-corrected chi connectivity index (χ4v) is 4.76. The average Bonchev–Trinajstić information content (AvgIpc) is 3.46. The Hall–Kier alpha value is -3.76. The number of carbonyl (C=O) groups is 2. The molecule has 3 aromatic heterocycles. The van der Waals surface area contributed by atoms with Crippen molar-refractivity contribution in [2.75, 3.05) is 26.7 Å². The van der Waals surface area contributed by atoms with Gasteiger partial charge in [-0.05, 0) is 31.0 Å². The minimum Gasteiger partial charge on any atom is -0.453 e. The van der Waals surface area contributed by atoms with Crippen molar-refractivity contribution in [2.24, 2.45) is 7.05 Å². The molecular formula is C21H24N8O3. The van der Waals surface area contributed by atoms with Crippen LogP contribution < -0.4 is 0 Å². The highest BCUT2D eigenvalue weighted by Crippen LogP contribution is 2.39. The van der Waals surface area contributed by atoms with E-state index in [1.165, 1.54) is 7.11 Å². The van der Waals surface area contributed by atoms with Crippen LogP contribution in [0.4, 0.5) is 4.79 Å². The summed E-state index contributed by atoms with van der Waals surface area (Å²) in [6, 6.07) is 5.54. The number of hydrogen-bond acceptors (Lipinski definition) is 7. The van der Waals surface area contributed by atoms with Crippen molar-refractivity contribution < 1.29 is 14.3 Å². The lowest BCUT2D eigenvalue weighted by Crippen LogP contribution is -2.57. The molecule has 2 aliphatic rings. The first-order valence-electron chi connectivity index (χ1n) is 10.5. The maximum absolute atomic E-state index is 13.0. The molecule has 5 rings (SSSR count). The Morgan fingerprint density at radius 1 is 1.09 bits per heavy atom. The average molecular weight is 436 g/mol. The van der Waals surface area contributed by atoms with E-state index in [0.29, 0.717) is 50.5 Å². The Morgan fingerprint density at radius 2 is 1.91 bits per heavy atom. The maximum Gasteiger partial charge on any atom is 0.409 e. The molecule has 2 amide bonds. The van der Waals surface area contributed by atoms with Gasteiger partial charge < -0.3 is 14.2 Å². The van der Waals surface area contributed by atoms with Crippen LogP contribution >= 0.6 is 0 Å². The third kappa shape index (κ3) is 3.20. The smallest absolute Gasteiger partial charge is 0.409 e. The molecule has 166 valence electrons. The van der Waals surface area contributed by atoms with Crippen molar-refractivity contribution in [1.29, 1.82) is 0 Å². The molecule has 0 saturated carbocycles. The summed E-state index contributed by atoms with van der Waals surface area (Å²) in [5.74, 6) is 1.38. The lowest BCUT2D eigenvalue weighted by atomic mass is 9.84. The van der Waals surface area contributed by atoms with Crippen LogP contribution in [0.15, 0.2) is 36.8 Å². The van der Waals surface area contributed by atoms with E-state index in [2.05, 4.69) is 24.8 Å². The maximum atomic E-state index is 13.0. The van der Waals surface area contributed by atoms with Gasteiger partial charge in [-0.25, -0.2) is 4.79 Å². The highest BCUT2D eigenvalue weighted by molar-refractivity contribution is 5.92. The fraction of sp³-hybridized carbons (Fsp3) is 0.429. The van der Waals surface area contributed by atoms with Crippen molar-refractivity contribution in [1.82, 2.24) is 39.3 Å². The number of methoxy groups -OCH3 is 1. The number of hydrogen-bond donors (Lipinski definition) is 0. The number of amides is 2. The van der Waals surface area contributed by atoms with Crippen LogP contribution in [0.25, 0.3) is 11.4 Å². The summed E-state index contributed by atoms with van der Waals surface area (Å²) in [4.78, 5) is 33.1. The SMILES string of the molecule is COC(=O)N1Cc2nnc(-c3cccnc3)n2C2(CCN(C(=O)c3ccnn3C)CC2)C1. The van der Waals surface area contributed by atoms with Crippen molar-refractivity contribution in [3.05, 3.63) is 48.3 Å². The number of pyridine rings is 1. The second-order valence-corrected chi connectivity index (χ2v) is 8.20. The standard InChI is InChI=1S/C21H24N8O3/c1-26-16(5-9-23-26)19(30)27-10-6-21(7-11-27)14-28(20(31)32-2)13-17-24-25-18(29(17)21)15-4-3-8-22-12-15/h3-5,8-9,12H,6-7,10-11,13-14H2,1-2H3. The molecule has 0 aliphatic carbocycles. The third-order valence-electron chi connectivity index (χ3n) is 6.40. The van der Waals surface area contributed by atoms with E-state index >= 15 is 0 Å². The monoisotopic (exact) mass is 436 g/mol. The normalized spacial score (nSPS) is 17.3. The summed E-state index contributed by atoms with van der Waals surface area (Å²) in [5, 5.41) is 13.0. The Morgan fingerprint density at radius 3 is 2.56 bits per heavy atom. The van der Waals surface area contributed by atoms with Gasteiger partial charge in [0.05, 0.1) is 19.2 Å². The number of fused-ring (bicyclic) bond motifs is 2. The van der Waals surface area contributed by atoms with Gasteiger partial charge in [0.2, 0.25) is 0 Å². The zero-order valence-corrected chi connectivity index (χ0v) is 18.0. The van der Waals surface area contributed by atoms with E-state index in [-0.39, 0.29) is 5.91 Å². The minimum atomic E-state index is -0.445. The van der Waals surface area contributed by atoms with Crippen LogP contribution in [-0.2, 0) is 23.9 Å². The Bertz CT molecular complexity index is 1150. The number of piperidine rings is 1. The molecule has 0 atom stereocenters. The van der Waals surface area contributed by atoms with Crippen molar-refractivity contribution in [2.45, 2.75) is 24.9 Å². The first-order valence-corrected chi connectivity index (χ1v) is 10.5. The third-order valence-corrected chi connectivity index (χ3v) is 6.40. The van der Waals surface area contributed by atoms with Gasteiger partial charge in [0, 0.05) is 50.8 Å². The van der Waals surface area contributed by atoms with E-state index in [1.54, 1.807) is 41.3 Å². The molecule has 11 heteroatoms. The van der Waals surface area contributed by atoms with Gasteiger partial charge in [0.25, 0.3) is 5.91 Å². The molecule has 0 bridgehead atoms. The number of aryl methyl sites for hydroxylation is 1. The summed E-state index contributed by atoms with van der Waals surface area (Å²) in [6.45, 7) is 1.87. The zero-order chi connectivity index (χ0) is 22.3. The summed E-state index contributed by atoms with van der Waals surface area (Å²) >= 11 is 0. The lowest BCUT2D eigenvalue weighted by Gasteiger charge is -2.48. The molecule has 1 saturated heterocycles. The summed E-state index contributed by atoms with van der Waals surface area (Å²) in [5.41, 5.74) is 0.979. The van der Waals surface area contributed by atoms with E-state index in [0.717, 1.165) is 11.4 Å². The van der Waals surface area contributed by atoms with E-state index < -0.39 is 11.6 Å². The number of carbonyl (C=O) groups excluding carboxylic acids is 2. The summed E-state index contributed by atoms with van der Waals surface area (Å²) in [7, 11) is 3.14. The van der Waals surface area contributed by atoms with E-state index in [1.807, 2.05) is 17.0 Å². The molecule has 11 nitrogen and oxygen atoms in total. The van der Waals surface area contributed by atoms with Crippen molar-refractivity contribution in [3.63, 3.8) is 0 Å². The molecule has 32 heavy (non-hydrogen) atoms. The Kier molecular flexibility index (Phi) is 4.87. The second-order valence-electron chi connectivity index (χ2n) is 8.20. The zero-order valence-electron chi connectivity index (χ0n) is 18.0.